The van der Waals surface area contributed by atoms with Gasteiger partial charge in [-0.15, -0.1) is 0 Å². The zero-order chi connectivity index (χ0) is 17.7. The highest BCUT2D eigenvalue weighted by molar-refractivity contribution is 7.89. The van der Waals surface area contributed by atoms with Crippen molar-refractivity contribution in [1.82, 2.24) is 9.62 Å². The third-order valence-electron chi connectivity index (χ3n) is 3.98. The molecule has 0 unspecified atom stereocenters. The van der Waals surface area contributed by atoms with E-state index in [1.54, 1.807) is 6.07 Å². The minimum absolute atomic E-state index is 0.0520. The van der Waals surface area contributed by atoms with Crippen LogP contribution in [0.4, 0.5) is 0 Å². The largest absolute Gasteiger partial charge is 0.484 e. The highest BCUT2D eigenvalue weighted by Gasteiger charge is 2.34. The average molecular weight is 356 g/mol. The molecule has 1 N–H and O–H groups in total. The van der Waals surface area contributed by atoms with Crippen LogP contribution in [0.5, 0.6) is 5.75 Å². The lowest BCUT2D eigenvalue weighted by Crippen LogP contribution is -2.45. The number of hydrogen-bond donors (Lipinski definition) is 1. The molecular formula is C16H24N2O5S. The summed E-state index contributed by atoms with van der Waals surface area (Å²) in [6, 6.07) is 7.11. The van der Waals surface area contributed by atoms with E-state index < -0.39 is 10.0 Å². The first-order chi connectivity index (χ1) is 11.3. The van der Waals surface area contributed by atoms with Crippen LogP contribution in [0.1, 0.15) is 5.56 Å². The maximum atomic E-state index is 12.1. The molecule has 0 bridgehead atoms. The van der Waals surface area contributed by atoms with Crippen molar-refractivity contribution in [2.75, 3.05) is 39.7 Å². The monoisotopic (exact) mass is 356 g/mol. The normalized spacial score (nSPS) is 21.0. The Bertz CT molecular complexity index is 675. The smallest absolute Gasteiger partial charge is 0.258 e. The summed E-state index contributed by atoms with van der Waals surface area (Å²) in [5, 5.41) is 2.81. The van der Waals surface area contributed by atoms with Crippen LogP contribution in [0.25, 0.3) is 0 Å². The van der Waals surface area contributed by atoms with E-state index in [1.165, 1.54) is 18.4 Å². The predicted molar refractivity (Wildman–Crippen MR) is 90.4 cm³/mol. The van der Waals surface area contributed by atoms with Crippen molar-refractivity contribution in [2.24, 2.45) is 5.92 Å². The fourth-order valence-corrected chi connectivity index (χ4v) is 3.62. The van der Waals surface area contributed by atoms with Crippen molar-refractivity contribution in [3.63, 3.8) is 0 Å². The van der Waals surface area contributed by atoms with E-state index in [0.717, 1.165) is 5.56 Å². The Morgan fingerprint density at radius 2 is 2.04 bits per heavy atom. The summed E-state index contributed by atoms with van der Waals surface area (Å²) in [5.41, 5.74) is 0.949. The van der Waals surface area contributed by atoms with Crippen molar-refractivity contribution in [3.05, 3.63) is 29.8 Å². The molecule has 8 heteroatoms. The molecule has 24 heavy (non-hydrogen) atoms. The van der Waals surface area contributed by atoms with Crippen LogP contribution in [0.2, 0.25) is 0 Å². The van der Waals surface area contributed by atoms with Gasteiger partial charge in [0, 0.05) is 20.0 Å². The summed E-state index contributed by atoms with van der Waals surface area (Å²) in [6.07, 6.45) is 0. The summed E-state index contributed by atoms with van der Waals surface area (Å²) in [6.45, 7) is 2.41. The first-order valence-corrected chi connectivity index (χ1v) is 9.36. The van der Waals surface area contributed by atoms with Gasteiger partial charge in [-0.3, -0.25) is 4.79 Å². The Morgan fingerprint density at radius 1 is 1.33 bits per heavy atom. The molecule has 1 aliphatic heterocycles. The maximum absolute atomic E-state index is 12.1. The van der Waals surface area contributed by atoms with Gasteiger partial charge in [-0.1, -0.05) is 18.2 Å². The molecular weight excluding hydrogens is 332 g/mol. The third-order valence-corrected chi connectivity index (χ3v) is 5.94. The lowest BCUT2D eigenvalue weighted by Gasteiger charge is -2.21. The number of aryl methyl sites for hydroxylation is 1. The first-order valence-electron chi connectivity index (χ1n) is 7.75. The topological polar surface area (TPSA) is 84.9 Å². The molecule has 1 heterocycles. The SMILES string of the molecule is Cc1ccccc1OCC(=O)N[C@H]1COC[C@H]1CS(=O)(=O)N(C)C. The second kappa shape index (κ2) is 7.96. The number of para-hydroxylation sites is 1. The van der Waals surface area contributed by atoms with Crippen LogP contribution in [-0.4, -0.2) is 64.3 Å². The highest BCUT2D eigenvalue weighted by Crippen LogP contribution is 2.18. The number of benzene rings is 1. The molecule has 1 aliphatic rings. The van der Waals surface area contributed by atoms with Gasteiger partial charge in [-0.05, 0) is 18.6 Å². The number of ether oxygens (including phenoxy) is 2. The van der Waals surface area contributed by atoms with Crippen LogP contribution in [0.3, 0.4) is 0 Å². The first kappa shape index (κ1) is 18.7. The van der Waals surface area contributed by atoms with Crippen LogP contribution in [0, 0.1) is 12.8 Å². The van der Waals surface area contributed by atoms with Crippen molar-refractivity contribution in [1.29, 1.82) is 0 Å². The van der Waals surface area contributed by atoms with Gasteiger partial charge in [0.2, 0.25) is 10.0 Å². The minimum Gasteiger partial charge on any atom is -0.484 e. The number of carbonyl (C=O) groups excluding carboxylic acids is 1. The zero-order valence-electron chi connectivity index (χ0n) is 14.2. The molecule has 0 saturated carbocycles. The van der Waals surface area contributed by atoms with Gasteiger partial charge in [-0.25, -0.2) is 12.7 Å². The number of nitrogens with zero attached hydrogens (tertiary/aromatic N) is 1. The fourth-order valence-electron chi connectivity index (χ4n) is 2.45. The Morgan fingerprint density at radius 3 is 2.71 bits per heavy atom. The van der Waals surface area contributed by atoms with Crippen molar-refractivity contribution >= 4 is 15.9 Å². The number of amides is 1. The number of sulfonamides is 1. The maximum Gasteiger partial charge on any atom is 0.258 e. The molecule has 1 saturated heterocycles. The van der Waals surface area contributed by atoms with Crippen LogP contribution in [-0.2, 0) is 19.6 Å². The van der Waals surface area contributed by atoms with E-state index in [1.807, 2.05) is 25.1 Å². The molecule has 0 spiro atoms. The second-order valence-electron chi connectivity index (χ2n) is 6.09. The number of rotatable bonds is 7. The Labute approximate surface area is 143 Å². The Kier molecular flexibility index (Phi) is 6.20. The van der Waals surface area contributed by atoms with Gasteiger partial charge in [0.25, 0.3) is 5.91 Å². The van der Waals surface area contributed by atoms with Crippen LogP contribution >= 0.6 is 0 Å². The van der Waals surface area contributed by atoms with Crippen LogP contribution < -0.4 is 10.1 Å². The Balaban J connectivity index is 1.87. The third kappa shape index (κ3) is 4.93. The van der Waals surface area contributed by atoms with Crippen molar-refractivity contribution in [2.45, 2.75) is 13.0 Å². The molecule has 0 aromatic heterocycles. The van der Waals surface area contributed by atoms with Crippen molar-refractivity contribution in [3.8, 4) is 5.75 Å². The number of carbonyl (C=O) groups is 1. The van der Waals surface area contributed by atoms with Gasteiger partial charge in [0.1, 0.15) is 5.75 Å². The van der Waals surface area contributed by atoms with Crippen molar-refractivity contribution < 1.29 is 22.7 Å². The molecule has 134 valence electrons. The quantitative estimate of drug-likeness (QED) is 0.764. The molecule has 1 aromatic carbocycles. The van der Waals surface area contributed by atoms with Gasteiger partial charge >= 0.3 is 0 Å². The van der Waals surface area contributed by atoms with Gasteiger partial charge in [0.05, 0.1) is 25.0 Å². The van der Waals surface area contributed by atoms with E-state index >= 15 is 0 Å². The van der Waals surface area contributed by atoms with E-state index in [4.69, 9.17) is 9.47 Å². The second-order valence-corrected chi connectivity index (χ2v) is 8.31. The summed E-state index contributed by atoms with van der Waals surface area (Å²) < 4.78 is 36.0. The molecule has 1 amide bonds. The van der Waals surface area contributed by atoms with E-state index in [9.17, 15) is 13.2 Å². The van der Waals surface area contributed by atoms with Crippen LogP contribution in [0.15, 0.2) is 24.3 Å². The average Bonchev–Trinajstić information content (AvgIpc) is 2.92. The van der Waals surface area contributed by atoms with E-state index in [2.05, 4.69) is 5.32 Å². The standard InChI is InChI=1S/C16H24N2O5S/c1-12-6-4-5-7-15(12)23-10-16(19)17-14-9-22-8-13(14)11-24(20,21)18(2)3/h4-7,13-14H,8-11H2,1-3H3,(H,17,19)/t13-,14-/m0/s1. The van der Waals surface area contributed by atoms with Gasteiger partial charge < -0.3 is 14.8 Å². The lowest BCUT2D eigenvalue weighted by molar-refractivity contribution is -0.124. The highest BCUT2D eigenvalue weighted by atomic mass is 32.2. The molecule has 1 aromatic rings. The molecule has 2 rings (SSSR count). The summed E-state index contributed by atoms with van der Waals surface area (Å²) in [7, 11) is -0.351. The molecule has 1 fully saturated rings. The minimum atomic E-state index is -3.34. The molecule has 0 radical (unpaired) electrons. The van der Waals surface area contributed by atoms with E-state index in [-0.39, 0.29) is 30.2 Å². The zero-order valence-corrected chi connectivity index (χ0v) is 15.0. The molecule has 0 aliphatic carbocycles. The lowest BCUT2D eigenvalue weighted by atomic mass is 10.1. The van der Waals surface area contributed by atoms with E-state index in [0.29, 0.717) is 19.0 Å². The fraction of sp³-hybridized carbons (Fsp3) is 0.562. The predicted octanol–water partition coefficient (Wildman–Crippen LogP) is 0.396. The number of hydrogen-bond acceptors (Lipinski definition) is 5. The Hall–Kier alpha value is -1.64. The van der Waals surface area contributed by atoms with Gasteiger partial charge in [0.15, 0.2) is 6.61 Å². The summed E-state index contributed by atoms with van der Waals surface area (Å²) in [4.78, 5) is 12.1. The van der Waals surface area contributed by atoms with Gasteiger partial charge in [-0.2, -0.15) is 0 Å². The molecule has 2 atom stereocenters. The number of nitrogens with one attached hydrogen (secondary N) is 1. The molecule has 7 nitrogen and oxygen atoms in total. The summed E-state index contributed by atoms with van der Waals surface area (Å²) in [5.74, 6) is 0.0479. The summed E-state index contributed by atoms with van der Waals surface area (Å²) >= 11 is 0.